The minimum atomic E-state index is -0.139. The van der Waals surface area contributed by atoms with E-state index in [2.05, 4.69) is 10.5 Å². The molecule has 2 rings (SSSR count). The lowest BCUT2D eigenvalue weighted by Crippen LogP contribution is -2.24. The molecule has 4 nitrogen and oxygen atoms in total. The third kappa shape index (κ3) is 3.86. The number of rotatable bonds is 5. The zero-order valence-electron chi connectivity index (χ0n) is 10.9. The van der Waals surface area contributed by atoms with Gasteiger partial charge >= 0.3 is 0 Å². The molecule has 1 unspecified atom stereocenters. The fourth-order valence-electron chi connectivity index (χ4n) is 1.62. The van der Waals surface area contributed by atoms with Crippen LogP contribution in [0.5, 0.6) is 0 Å². The van der Waals surface area contributed by atoms with Crippen LogP contribution in [0.3, 0.4) is 0 Å². The highest BCUT2D eigenvalue weighted by Crippen LogP contribution is 2.26. The highest BCUT2D eigenvalue weighted by Gasteiger charge is 2.19. The number of thioether (sulfide) groups is 1. The third-order valence-corrected chi connectivity index (χ3v) is 3.94. The van der Waals surface area contributed by atoms with Gasteiger partial charge in [-0.25, -0.2) is 0 Å². The van der Waals surface area contributed by atoms with Crippen molar-refractivity contribution in [1.29, 1.82) is 0 Å². The van der Waals surface area contributed by atoms with Crippen LogP contribution in [-0.2, 0) is 4.79 Å². The van der Waals surface area contributed by atoms with Gasteiger partial charge in [0.05, 0.1) is 5.25 Å². The number of carbonyl (C=O) groups is 1. The van der Waals surface area contributed by atoms with Crippen molar-refractivity contribution in [2.24, 2.45) is 0 Å². The molecule has 5 heteroatoms. The highest BCUT2D eigenvalue weighted by molar-refractivity contribution is 8.00. The van der Waals surface area contributed by atoms with Gasteiger partial charge in [-0.05, 0) is 25.5 Å². The van der Waals surface area contributed by atoms with Crippen LogP contribution in [0.4, 0.5) is 5.82 Å². The second-order valence-corrected chi connectivity index (χ2v) is 5.42. The smallest absolute Gasteiger partial charge is 0.239 e. The molecule has 2 aromatic rings. The molecule has 0 aliphatic heterocycles. The lowest BCUT2D eigenvalue weighted by atomic mass is 10.3. The Labute approximate surface area is 116 Å². The number of nitrogens with one attached hydrogen (secondary N) is 1. The molecule has 0 radical (unpaired) electrons. The summed E-state index contributed by atoms with van der Waals surface area (Å²) in [4.78, 5) is 13.2. The fourth-order valence-corrected chi connectivity index (χ4v) is 2.59. The summed E-state index contributed by atoms with van der Waals surface area (Å²) in [6.07, 6.45) is 0.752. The van der Waals surface area contributed by atoms with E-state index < -0.39 is 0 Å². The summed E-state index contributed by atoms with van der Waals surface area (Å²) < 4.78 is 4.93. The monoisotopic (exact) mass is 276 g/mol. The number of nitrogens with zero attached hydrogens (tertiary/aromatic N) is 1. The van der Waals surface area contributed by atoms with Crippen molar-refractivity contribution in [3.63, 3.8) is 0 Å². The molecule has 1 aromatic carbocycles. The maximum absolute atomic E-state index is 12.1. The van der Waals surface area contributed by atoms with Gasteiger partial charge in [-0.1, -0.05) is 30.3 Å². The molecule has 1 heterocycles. The Morgan fingerprint density at radius 2 is 2.16 bits per heavy atom. The van der Waals surface area contributed by atoms with E-state index in [0.29, 0.717) is 11.6 Å². The topological polar surface area (TPSA) is 55.1 Å². The summed E-state index contributed by atoms with van der Waals surface area (Å²) in [5, 5.41) is 6.39. The lowest BCUT2D eigenvalue weighted by Gasteiger charge is -2.13. The van der Waals surface area contributed by atoms with Gasteiger partial charge in [-0.3, -0.25) is 4.79 Å². The van der Waals surface area contributed by atoms with Gasteiger partial charge in [0.25, 0.3) is 0 Å². The predicted octanol–water partition coefficient (Wildman–Crippen LogP) is 3.49. The largest absolute Gasteiger partial charge is 0.360 e. The number of hydrogen-bond donors (Lipinski definition) is 1. The maximum atomic E-state index is 12.1. The molecule has 0 aliphatic rings. The summed E-state index contributed by atoms with van der Waals surface area (Å²) in [6, 6.07) is 11.6. The number of anilines is 1. The molecule has 1 N–H and O–H groups in total. The molecule has 0 spiro atoms. The molecule has 0 saturated carbocycles. The Morgan fingerprint density at radius 3 is 2.74 bits per heavy atom. The molecule has 0 aliphatic carbocycles. The first-order valence-electron chi connectivity index (χ1n) is 6.15. The lowest BCUT2D eigenvalue weighted by molar-refractivity contribution is -0.115. The van der Waals surface area contributed by atoms with Crippen LogP contribution in [0, 0.1) is 6.92 Å². The molecule has 1 amide bonds. The van der Waals surface area contributed by atoms with Crippen LogP contribution in [0.1, 0.15) is 19.1 Å². The zero-order chi connectivity index (χ0) is 13.7. The molecular formula is C14H16N2O2S. The first-order valence-corrected chi connectivity index (χ1v) is 7.03. The fraction of sp³-hybridized carbons (Fsp3) is 0.286. The van der Waals surface area contributed by atoms with E-state index >= 15 is 0 Å². The molecule has 0 bridgehead atoms. The van der Waals surface area contributed by atoms with Crippen molar-refractivity contribution in [3.05, 3.63) is 42.2 Å². The van der Waals surface area contributed by atoms with Crippen LogP contribution in [0.2, 0.25) is 0 Å². The van der Waals surface area contributed by atoms with Gasteiger partial charge in [0.2, 0.25) is 5.91 Å². The molecule has 19 heavy (non-hydrogen) atoms. The SMILES string of the molecule is CCC(Sc1ccccc1)C(=O)Nc1cc(C)on1. The minimum absolute atomic E-state index is 0.0512. The quantitative estimate of drug-likeness (QED) is 0.849. The van der Waals surface area contributed by atoms with Gasteiger partial charge in [0, 0.05) is 11.0 Å². The van der Waals surface area contributed by atoms with Crippen LogP contribution in [-0.4, -0.2) is 16.3 Å². The highest BCUT2D eigenvalue weighted by atomic mass is 32.2. The van der Waals surface area contributed by atoms with Gasteiger partial charge in [-0.2, -0.15) is 0 Å². The van der Waals surface area contributed by atoms with E-state index in [1.54, 1.807) is 24.8 Å². The van der Waals surface area contributed by atoms with Gasteiger partial charge < -0.3 is 9.84 Å². The van der Waals surface area contributed by atoms with Crippen molar-refractivity contribution < 1.29 is 9.32 Å². The first kappa shape index (κ1) is 13.7. The van der Waals surface area contributed by atoms with Crippen molar-refractivity contribution in [2.75, 3.05) is 5.32 Å². The van der Waals surface area contributed by atoms with Gasteiger partial charge in [-0.15, -0.1) is 11.8 Å². The Morgan fingerprint density at radius 1 is 1.42 bits per heavy atom. The minimum Gasteiger partial charge on any atom is -0.360 e. The summed E-state index contributed by atoms with van der Waals surface area (Å²) in [7, 11) is 0. The van der Waals surface area contributed by atoms with Crippen molar-refractivity contribution >= 4 is 23.5 Å². The third-order valence-electron chi connectivity index (χ3n) is 2.56. The Balaban J connectivity index is 1.99. The van der Waals surface area contributed by atoms with Crippen LogP contribution in [0.15, 0.2) is 45.8 Å². The zero-order valence-corrected chi connectivity index (χ0v) is 11.7. The maximum Gasteiger partial charge on any atom is 0.239 e. The van der Waals surface area contributed by atoms with E-state index in [0.717, 1.165) is 11.3 Å². The summed E-state index contributed by atoms with van der Waals surface area (Å²) >= 11 is 1.55. The number of carbonyl (C=O) groups excluding carboxylic acids is 1. The average molecular weight is 276 g/mol. The Bertz CT molecular complexity index is 539. The van der Waals surface area contributed by atoms with E-state index in [9.17, 15) is 4.79 Å². The molecule has 0 fully saturated rings. The predicted molar refractivity (Wildman–Crippen MR) is 76.2 cm³/mol. The number of aromatic nitrogens is 1. The first-order chi connectivity index (χ1) is 9.19. The number of aryl methyl sites for hydroxylation is 1. The second kappa shape index (κ2) is 6.43. The van der Waals surface area contributed by atoms with E-state index in [4.69, 9.17) is 4.52 Å². The summed E-state index contributed by atoms with van der Waals surface area (Å²) in [6.45, 7) is 3.78. The number of amides is 1. The molecule has 0 saturated heterocycles. The van der Waals surface area contributed by atoms with Crippen LogP contribution >= 0.6 is 11.8 Å². The molecule has 1 aromatic heterocycles. The van der Waals surface area contributed by atoms with Crippen LogP contribution < -0.4 is 5.32 Å². The van der Waals surface area contributed by atoms with Gasteiger partial charge in [0.1, 0.15) is 5.76 Å². The number of benzene rings is 1. The van der Waals surface area contributed by atoms with Crippen molar-refractivity contribution in [3.8, 4) is 0 Å². The normalized spacial score (nSPS) is 12.1. The average Bonchev–Trinajstić information content (AvgIpc) is 2.82. The standard InChI is InChI=1S/C14H16N2O2S/c1-3-12(19-11-7-5-4-6-8-11)14(17)15-13-9-10(2)18-16-13/h4-9,12H,3H2,1-2H3,(H,15,16,17). The van der Waals surface area contributed by atoms with E-state index in [1.807, 2.05) is 37.3 Å². The van der Waals surface area contributed by atoms with Crippen LogP contribution in [0.25, 0.3) is 0 Å². The summed E-state index contributed by atoms with van der Waals surface area (Å²) in [5.41, 5.74) is 0. The second-order valence-electron chi connectivity index (χ2n) is 4.14. The Kier molecular flexibility index (Phi) is 4.63. The molecule has 100 valence electrons. The van der Waals surface area contributed by atoms with E-state index in [1.165, 1.54) is 0 Å². The van der Waals surface area contributed by atoms with Gasteiger partial charge in [0.15, 0.2) is 5.82 Å². The molecule has 1 atom stereocenters. The molecular weight excluding hydrogens is 260 g/mol. The number of hydrogen-bond acceptors (Lipinski definition) is 4. The Hall–Kier alpha value is -1.75. The van der Waals surface area contributed by atoms with Crippen molar-refractivity contribution in [2.45, 2.75) is 30.4 Å². The van der Waals surface area contributed by atoms with Crippen molar-refractivity contribution in [1.82, 2.24) is 5.16 Å². The summed E-state index contributed by atoms with van der Waals surface area (Å²) in [5.74, 6) is 1.10. The van der Waals surface area contributed by atoms with E-state index in [-0.39, 0.29) is 11.2 Å².